The maximum Gasteiger partial charge on any atom is 0.232 e. The van der Waals surface area contributed by atoms with Gasteiger partial charge in [0, 0.05) is 19.7 Å². The molecule has 4 nitrogen and oxygen atoms in total. The molecule has 0 bridgehead atoms. The molecule has 1 rings (SSSR count). The predicted molar refractivity (Wildman–Crippen MR) is 63.0 cm³/mol. The number of ether oxygens (including phenoxy) is 2. The van der Waals surface area contributed by atoms with Crippen molar-refractivity contribution in [1.82, 2.24) is 9.97 Å². The van der Waals surface area contributed by atoms with Gasteiger partial charge in [0.05, 0.1) is 30.5 Å². The van der Waals surface area contributed by atoms with Gasteiger partial charge in [0.25, 0.3) is 0 Å². The minimum Gasteiger partial charge on any atom is -0.477 e. The molecule has 1 aromatic rings. The first kappa shape index (κ1) is 13.2. The molecule has 0 saturated heterocycles. The molecule has 0 N–H and O–H groups in total. The number of aromatic nitrogens is 2. The molecule has 1 aromatic heterocycles. The summed E-state index contributed by atoms with van der Waals surface area (Å²) in [5, 5.41) is -0.0827. The molecule has 1 unspecified atom stereocenters. The van der Waals surface area contributed by atoms with Gasteiger partial charge in [-0.25, -0.2) is 4.98 Å². The van der Waals surface area contributed by atoms with E-state index in [-0.39, 0.29) is 5.38 Å². The number of hydrogen-bond donors (Lipinski definition) is 0. The third-order valence-electron chi connectivity index (χ3n) is 1.89. The van der Waals surface area contributed by atoms with E-state index in [4.69, 9.17) is 21.1 Å². The lowest BCUT2D eigenvalue weighted by atomic mass is 10.2. The highest BCUT2D eigenvalue weighted by Gasteiger charge is 2.07. The van der Waals surface area contributed by atoms with Crippen LogP contribution in [0.2, 0.25) is 0 Å². The average Bonchev–Trinajstić information content (AvgIpc) is 2.27. The topological polar surface area (TPSA) is 44.2 Å². The van der Waals surface area contributed by atoms with E-state index in [1.54, 1.807) is 19.5 Å². The molecule has 0 aliphatic carbocycles. The van der Waals surface area contributed by atoms with E-state index < -0.39 is 0 Å². The lowest BCUT2D eigenvalue weighted by molar-refractivity contribution is 0.197. The molecule has 0 radical (unpaired) electrons. The van der Waals surface area contributed by atoms with Crippen LogP contribution in [0.15, 0.2) is 12.4 Å². The fraction of sp³-hybridized carbons (Fsp3) is 0.636. The summed E-state index contributed by atoms with van der Waals surface area (Å²) in [5.41, 5.74) is 0.825. The molecule has 0 aliphatic rings. The highest BCUT2D eigenvalue weighted by Crippen LogP contribution is 2.10. The number of alkyl halides is 1. The average molecular weight is 245 g/mol. The number of nitrogens with zero attached hydrogens (tertiary/aromatic N) is 2. The van der Waals surface area contributed by atoms with E-state index in [1.807, 2.05) is 6.92 Å². The Balaban J connectivity index is 2.52. The first-order valence-corrected chi connectivity index (χ1v) is 5.76. The molecule has 0 aromatic carbocycles. The van der Waals surface area contributed by atoms with E-state index >= 15 is 0 Å². The zero-order chi connectivity index (χ0) is 11.8. The Morgan fingerprint density at radius 1 is 1.44 bits per heavy atom. The number of halogens is 1. The zero-order valence-electron chi connectivity index (χ0n) is 9.65. The van der Waals surface area contributed by atoms with Crippen molar-refractivity contribution in [2.75, 3.05) is 20.3 Å². The van der Waals surface area contributed by atoms with Gasteiger partial charge in [-0.3, -0.25) is 4.98 Å². The summed E-state index contributed by atoms with van der Waals surface area (Å²) < 4.78 is 10.3. The third kappa shape index (κ3) is 4.77. The molecule has 0 fully saturated rings. The van der Waals surface area contributed by atoms with Gasteiger partial charge in [0.1, 0.15) is 0 Å². The maximum atomic E-state index is 6.04. The molecule has 1 heterocycles. The SMILES string of the molecule is CCCOc1cncc(CC(Cl)COC)n1. The Morgan fingerprint density at radius 2 is 2.25 bits per heavy atom. The largest absolute Gasteiger partial charge is 0.477 e. The number of hydrogen-bond acceptors (Lipinski definition) is 4. The molecule has 90 valence electrons. The monoisotopic (exact) mass is 244 g/mol. The molecule has 0 spiro atoms. The molecule has 1 atom stereocenters. The summed E-state index contributed by atoms with van der Waals surface area (Å²) >= 11 is 6.04. The molecule has 0 aliphatic heterocycles. The van der Waals surface area contributed by atoms with Crippen molar-refractivity contribution < 1.29 is 9.47 Å². The Bertz CT molecular complexity index is 310. The van der Waals surface area contributed by atoms with Gasteiger partial charge >= 0.3 is 0 Å². The first-order chi connectivity index (χ1) is 7.76. The Labute approximate surface area is 101 Å². The quantitative estimate of drug-likeness (QED) is 0.689. The van der Waals surface area contributed by atoms with Gasteiger partial charge in [0.2, 0.25) is 5.88 Å². The van der Waals surface area contributed by atoms with Crippen molar-refractivity contribution in [1.29, 1.82) is 0 Å². The Morgan fingerprint density at radius 3 is 2.94 bits per heavy atom. The van der Waals surface area contributed by atoms with Crippen LogP contribution < -0.4 is 4.74 Å². The fourth-order valence-corrected chi connectivity index (χ4v) is 1.51. The van der Waals surface area contributed by atoms with Crippen molar-refractivity contribution in [2.24, 2.45) is 0 Å². The standard InChI is InChI=1S/C11H17ClN2O2/c1-3-4-16-11-7-13-6-10(14-11)5-9(12)8-15-2/h6-7,9H,3-5,8H2,1-2H3. The lowest BCUT2D eigenvalue weighted by Gasteiger charge is -2.08. The number of methoxy groups -OCH3 is 1. The summed E-state index contributed by atoms with van der Waals surface area (Å²) in [4.78, 5) is 8.37. The minimum absolute atomic E-state index is 0.0827. The van der Waals surface area contributed by atoms with E-state index in [0.29, 0.717) is 25.5 Å². The van der Waals surface area contributed by atoms with E-state index in [2.05, 4.69) is 9.97 Å². The first-order valence-electron chi connectivity index (χ1n) is 5.33. The van der Waals surface area contributed by atoms with Gasteiger partial charge in [0.15, 0.2) is 0 Å². The van der Waals surface area contributed by atoms with Crippen LogP contribution in [0.25, 0.3) is 0 Å². The van der Waals surface area contributed by atoms with Crippen LogP contribution in [0, 0.1) is 0 Å². The summed E-state index contributed by atoms with van der Waals surface area (Å²) in [6.45, 7) is 3.20. The summed E-state index contributed by atoms with van der Waals surface area (Å²) in [7, 11) is 1.63. The van der Waals surface area contributed by atoms with Gasteiger partial charge in [-0.05, 0) is 6.42 Å². The van der Waals surface area contributed by atoms with E-state index in [9.17, 15) is 0 Å². The van der Waals surface area contributed by atoms with Crippen LogP contribution >= 0.6 is 11.6 Å². The molecular weight excluding hydrogens is 228 g/mol. The van der Waals surface area contributed by atoms with E-state index in [1.165, 1.54) is 0 Å². The molecule has 16 heavy (non-hydrogen) atoms. The highest BCUT2D eigenvalue weighted by molar-refractivity contribution is 6.20. The van der Waals surface area contributed by atoms with Crippen molar-refractivity contribution >= 4 is 11.6 Å². The second-order valence-electron chi connectivity index (χ2n) is 3.45. The Kier molecular flexibility index (Phi) is 6.11. The van der Waals surface area contributed by atoms with Crippen LogP contribution in [0.1, 0.15) is 19.0 Å². The maximum absolute atomic E-state index is 6.04. The lowest BCUT2D eigenvalue weighted by Crippen LogP contribution is -2.12. The normalized spacial score (nSPS) is 12.4. The smallest absolute Gasteiger partial charge is 0.232 e. The van der Waals surface area contributed by atoms with Gasteiger partial charge in [-0.2, -0.15) is 0 Å². The summed E-state index contributed by atoms with van der Waals surface area (Å²) in [5.74, 6) is 0.556. The van der Waals surface area contributed by atoms with Gasteiger partial charge in [-0.1, -0.05) is 6.92 Å². The minimum atomic E-state index is -0.0827. The van der Waals surface area contributed by atoms with E-state index in [0.717, 1.165) is 12.1 Å². The van der Waals surface area contributed by atoms with Crippen molar-refractivity contribution in [2.45, 2.75) is 25.1 Å². The van der Waals surface area contributed by atoms with Crippen LogP contribution in [0.4, 0.5) is 0 Å². The van der Waals surface area contributed by atoms with Crippen LogP contribution in [0.3, 0.4) is 0 Å². The summed E-state index contributed by atoms with van der Waals surface area (Å²) in [6.07, 6.45) is 4.89. The Hall–Kier alpha value is -0.870. The van der Waals surface area contributed by atoms with Gasteiger partial charge < -0.3 is 9.47 Å². The van der Waals surface area contributed by atoms with Crippen molar-refractivity contribution in [3.8, 4) is 5.88 Å². The summed E-state index contributed by atoms with van der Waals surface area (Å²) in [6, 6.07) is 0. The zero-order valence-corrected chi connectivity index (χ0v) is 10.4. The van der Waals surface area contributed by atoms with Crippen LogP contribution in [-0.2, 0) is 11.2 Å². The van der Waals surface area contributed by atoms with Crippen LogP contribution in [0.5, 0.6) is 5.88 Å². The van der Waals surface area contributed by atoms with Gasteiger partial charge in [-0.15, -0.1) is 11.6 Å². The highest BCUT2D eigenvalue weighted by atomic mass is 35.5. The second-order valence-corrected chi connectivity index (χ2v) is 4.07. The molecule has 5 heteroatoms. The predicted octanol–water partition coefficient (Wildman–Crippen LogP) is 2.06. The van der Waals surface area contributed by atoms with Crippen molar-refractivity contribution in [3.05, 3.63) is 18.1 Å². The number of rotatable bonds is 7. The molecule has 0 saturated carbocycles. The third-order valence-corrected chi connectivity index (χ3v) is 2.17. The second kappa shape index (κ2) is 7.41. The van der Waals surface area contributed by atoms with Crippen LogP contribution in [-0.4, -0.2) is 35.7 Å². The molecule has 0 amide bonds. The van der Waals surface area contributed by atoms with Crippen molar-refractivity contribution in [3.63, 3.8) is 0 Å². The molecular formula is C11H17ClN2O2. The fourth-order valence-electron chi connectivity index (χ4n) is 1.23.